The van der Waals surface area contributed by atoms with Gasteiger partial charge in [-0.15, -0.1) is 0 Å². The minimum absolute atomic E-state index is 0.0288. The molecule has 2 aromatic carbocycles. The van der Waals surface area contributed by atoms with E-state index in [9.17, 15) is 38.1 Å². The summed E-state index contributed by atoms with van der Waals surface area (Å²) in [5.41, 5.74) is 4.45. The van der Waals surface area contributed by atoms with Crippen LogP contribution in [0.1, 0.15) is 122 Å². The normalized spacial score (nSPS) is 15.7. The molecule has 1 fully saturated rings. The molecule has 2 aromatic rings. The summed E-state index contributed by atoms with van der Waals surface area (Å²) < 4.78 is 66.5. The van der Waals surface area contributed by atoms with Crippen LogP contribution in [0.2, 0.25) is 0 Å². The average molecular weight is 1410 g/mol. The van der Waals surface area contributed by atoms with E-state index >= 15 is 0 Å². The second-order valence-electron chi connectivity index (χ2n) is 24.1. The number of aliphatic imine (C=N–C) groups is 1. The van der Waals surface area contributed by atoms with Crippen LogP contribution in [0.25, 0.3) is 0 Å². The molecule has 2 aliphatic rings. The molecule has 99 heavy (non-hydrogen) atoms. The number of ketones is 1. The number of unbranched alkanes of at least 4 members (excludes halogenated alkanes) is 1. The number of para-hydroxylation sites is 1. The van der Waals surface area contributed by atoms with Crippen molar-refractivity contribution in [2.75, 3.05) is 156 Å². The number of nitrogens with zero attached hydrogens (tertiary/aromatic N) is 3. The molecule has 1 aliphatic carbocycles. The maximum absolute atomic E-state index is 13.9. The molecular formula is C69H108N9O20P. The first-order valence-corrected chi connectivity index (χ1v) is 36.2. The number of fused-ring (bicyclic) bond motifs is 2. The number of ether oxygens (including phenoxy) is 10. The summed E-state index contributed by atoms with van der Waals surface area (Å²) in [6.07, 6.45) is 4.04. The molecule has 6 amide bonds. The number of benzene rings is 2. The van der Waals surface area contributed by atoms with Gasteiger partial charge in [-0.25, -0.2) is 0 Å². The van der Waals surface area contributed by atoms with Gasteiger partial charge in [0.1, 0.15) is 30.5 Å². The number of hydrazone groups is 1. The first kappa shape index (κ1) is 84.8. The number of rotatable bonds is 52. The minimum Gasteiger partial charge on any atom is -0.379 e. The Kier molecular flexibility index (Phi) is 43.4. The van der Waals surface area contributed by atoms with Gasteiger partial charge in [-0.05, 0) is 75.1 Å². The molecular weight excluding hydrogens is 1310 g/mol. The van der Waals surface area contributed by atoms with Gasteiger partial charge in [0.15, 0.2) is 5.78 Å². The highest BCUT2D eigenvalue weighted by Crippen LogP contribution is 2.33. The molecule has 4 rings (SSSR count). The predicted molar refractivity (Wildman–Crippen MR) is 371 cm³/mol. The zero-order valence-electron chi connectivity index (χ0n) is 58.4. The molecule has 30 heteroatoms. The van der Waals surface area contributed by atoms with Crippen molar-refractivity contribution < 1.29 is 95.3 Å². The van der Waals surface area contributed by atoms with Crippen molar-refractivity contribution in [1.29, 1.82) is 0 Å². The van der Waals surface area contributed by atoms with Crippen LogP contribution in [0.3, 0.4) is 0 Å². The van der Waals surface area contributed by atoms with E-state index in [1.165, 1.54) is 0 Å². The van der Waals surface area contributed by atoms with Gasteiger partial charge in [0, 0.05) is 49.4 Å². The predicted octanol–water partition coefficient (Wildman–Crippen LogP) is 3.29. The third kappa shape index (κ3) is 37.0. The van der Waals surface area contributed by atoms with Crippen molar-refractivity contribution in [3.8, 4) is 11.8 Å². The van der Waals surface area contributed by atoms with Gasteiger partial charge < -0.3 is 94.5 Å². The number of nitrogens with one attached hydrogen (secondary N) is 5. The molecule has 0 spiro atoms. The maximum atomic E-state index is 13.9. The number of nitrogens with two attached hydrogens (primary N) is 1. The molecule has 1 aliphatic heterocycles. The van der Waals surface area contributed by atoms with Crippen molar-refractivity contribution in [2.24, 2.45) is 27.8 Å². The summed E-state index contributed by atoms with van der Waals surface area (Å²) in [6.45, 7) is 14.5. The van der Waals surface area contributed by atoms with Crippen LogP contribution in [0.15, 0.2) is 58.6 Å². The number of amides is 6. The Labute approximate surface area is 582 Å². The Morgan fingerprint density at radius 1 is 0.606 bits per heavy atom. The zero-order valence-corrected chi connectivity index (χ0v) is 59.3. The highest BCUT2D eigenvalue weighted by Gasteiger charge is 2.31. The third-order valence-electron chi connectivity index (χ3n) is 15.5. The monoisotopic (exact) mass is 1410 g/mol. The molecule has 554 valence electrons. The van der Waals surface area contributed by atoms with Crippen LogP contribution in [0.4, 0.5) is 5.69 Å². The number of hydrogen-bond donors (Lipinski definition) is 8. The number of anilines is 1. The molecule has 9 N–H and O–H groups in total. The maximum Gasteiger partial charge on any atom is 0.327 e. The molecule has 0 aromatic heterocycles. The zero-order chi connectivity index (χ0) is 71.9. The standard InChI is InChI=1S/C69H108N9O20P/c1-51(2)65(69(85)74-53(5)67(83)52(3)4)76-68(84)58(19-13-14-27-72-63(81)50-98-60-21-8-6-7-18-57(66(60)77-70)71-28-31-90-34-37-93-41-42-95-43-44-96-45-46-97-47-48-99(86,87)88)75-62(80)26-30-89-33-36-92-39-40-94-38-35-91-32-29-73-61(79)24-25-64(82)78-49-56-17-10-9-15-54(56)22-23-55-16-11-12-20-59(55)78/h9-12,15-17,20,51-53,58,60,65H,6-8,13-14,18-19,21,24-50,70H2,1-5H3,(H,72,81)(H,73,79)(H,74,85)(H,75,80)(H,76,84)(H2,86,87,88)/t53-,58+,60?,65-/m0/s1. The molecule has 1 unspecified atom stereocenters. The molecule has 1 heterocycles. The summed E-state index contributed by atoms with van der Waals surface area (Å²) in [7, 11) is -4.06. The lowest BCUT2D eigenvalue weighted by atomic mass is 9.95. The lowest BCUT2D eigenvalue weighted by Gasteiger charge is -2.27. The summed E-state index contributed by atoms with van der Waals surface area (Å²) >= 11 is 0. The van der Waals surface area contributed by atoms with E-state index in [4.69, 9.17) is 68.0 Å². The Bertz CT molecular complexity index is 2920. The number of hydrogen-bond acceptors (Lipinski definition) is 21. The van der Waals surface area contributed by atoms with E-state index in [1.54, 1.807) is 39.5 Å². The summed E-state index contributed by atoms with van der Waals surface area (Å²) in [5.74, 6) is 9.09. The van der Waals surface area contributed by atoms with Crippen molar-refractivity contribution in [3.63, 3.8) is 0 Å². The smallest absolute Gasteiger partial charge is 0.327 e. The lowest BCUT2D eigenvalue weighted by Crippen LogP contribution is -2.57. The van der Waals surface area contributed by atoms with Crippen molar-refractivity contribution in [2.45, 2.75) is 136 Å². The van der Waals surface area contributed by atoms with E-state index in [2.05, 4.69) is 43.5 Å². The fourth-order valence-corrected chi connectivity index (χ4v) is 10.5. The fourth-order valence-electron chi connectivity index (χ4n) is 10.1. The van der Waals surface area contributed by atoms with Gasteiger partial charge in [-0.2, -0.15) is 5.10 Å². The number of carbonyl (C=O) groups excluding carboxylic acids is 7. The Morgan fingerprint density at radius 2 is 1.17 bits per heavy atom. The van der Waals surface area contributed by atoms with Crippen molar-refractivity contribution in [1.82, 2.24) is 26.6 Å². The van der Waals surface area contributed by atoms with E-state index in [0.717, 1.165) is 36.0 Å². The Hall–Kier alpha value is -6.62. The average Bonchev–Trinajstić information content (AvgIpc) is 0.810. The first-order chi connectivity index (χ1) is 47.8. The quantitative estimate of drug-likeness (QED) is 0.0155. The summed E-state index contributed by atoms with van der Waals surface area (Å²) in [5, 5.41) is 18.0. The van der Waals surface area contributed by atoms with Gasteiger partial charge >= 0.3 is 7.60 Å². The van der Waals surface area contributed by atoms with Crippen LogP contribution >= 0.6 is 7.60 Å². The van der Waals surface area contributed by atoms with Crippen LogP contribution in [-0.4, -0.2) is 238 Å². The largest absolute Gasteiger partial charge is 0.379 e. The lowest BCUT2D eigenvalue weighted by molar-refractivity contribution is -0.134. The minimum atomic E-state index is -4.06. The van der Waals surface area contributed by atoms with Crippen LogP contribution < -0.4 is 37.3 Å². The molecule has 0 saturated heterocycles. The SMILES string of the molecule is CC(C)C(=O)[C@H](C)NC(=O)[C@@H](NC(=O)[C@@H](CCCCNC(=O)COC1CCCCCC(=NCCOCCOCCOCCOCCOCCP(=O)(O)O)C1=NN)NC(=O)CCOCCOCCOCCOCCNC(=O)CCC(=O)N1Cc2ccccc2C#Cc2ccccc21)C(C)C. The topological polar surface area (TPSA) is 383 Å². The van der Waals surface area contributed by atoms with Crippen molar-refractivity contribution in [3.05, 3.63) is 65.2 Å². The first-order valence-electron chi connectivity index (χ1n) is 34.4. The van der Waals surface area contributed by atoms with Crippen LogP contribution in [0, 0.1) is 23.7 Å². The molecule has 4 atom stereocenters. The Morgan fingerprint density at radius 3 is 1.79 bits per heavy atom. The summed E-state index contributed by atoms with van der Waals surface area (Å²) in [6, 6.07) is 12.4. The van der Waals surface area contributed by atoms with Crippen LogP contribution in [-0.2, 0) is 92.0 Å². The molecule has 1 saturated carbocycles. The number of carbonyl (C=O) groups is 7. The van der Waals surface area contributed by atoms with E-state index in [1.807, 2.05) is 48.5 Å². The second-order valence-corrected chi connectivity index (χ2v) is 25.9. The second kappa shape index (κ2) is 50.7. The van der Waals surface area contributed by atoms with Gasteiger partial charge in [0.05, 0.1) is 156 Å². The fraction of sp³-hybridized carbons (Fsp3) is 0.667. The highest BCUT2D eigenvalue weighted by atomic mass is 31.2. The molecule has 0 bridgehead atoms. The summed E-state index contributed by atoms with van der Waals surface area (Å²) in [4.78, 5) is 117. The van der Waals surface area contributed by atoms with E-state index in [-0.39, 0.29) is 140 Å². The van der Waals surface area contributed by atoms with E-state index < -0.39 is 49.5 Å². The van der Waals surface area contributed by atoms with Gasteiger partial charge in [0.25, 0.3) is 0 Å². The highest BCUT2D eigenvalue weighted by molar-refractivity contribution is 7.51. The van der Waals surface area contributed by atoms with Gasteiger partial charge in [-0.1, -0.05) is 82.7 Å². The number of Topliss-reactive ketones (excluding diaryl/α,β-unsaturated/α-hetero) is 1. The third-order valence-corrected chi connectivity index (χ3v) is 16.2. The van der Waals surface area contributed by atoms with Crippen molar-refractivity contribution >= 4 is 65.9 Å². The molecule has 29 nitrogen and oxygen atoms in total. The molecule has 0 radical (unpaired) electrons. The van der Waals surface area contributed by atoms with Gasteiger partial charge in [0.2, 0.25) is 35.4 Å². The van der Waals surface area contributed by atoms with Crippen LogP contribution in [0.5, 0.6) is 0 Å². The van der Waals surface area contributed by atoms with E-state index in [0.29, 0.717) is 122 Å². The Balaban J connectivity index is 1.09. The van der Waals surface area contributed by atoms with Gasteiger partial charge in [-0.3, -0.25) is 43.1 Å².